The lowest BCUT2D eigenvalue weighted by molar-refractivity contribution is 0.114. The van der Waals surface area contributed by atoms with Crippen LogP contribution in [0, 0.1) is 11.3 Å². The summed E-state index contributed by atoms with van der Waals surface area (Å²) in [6, 6.07) is 0. The van der Waals surface area contributed by atoms with E-state index in [1.165, 1.54) is 32.5 Å². The van der Waals surface area contributed by atoms with Gasteiger partial charge >= 0.3 is 0 Å². The SMILES string of the molecule is CC(C)CN1CCC(C)(CN)CC1. The van der Waals surface area contributed by atoms with Crippen LogP contribution in [0.4, 0.5) is 0 Å². The van der Waals surface area contributed by atoms with Crippen molar-refractivity contribution in [2.45, 2.75) is 33.6 Å². The van der Waals surface area contributed by atoms with Gasteiger partial charge in [0.15, 0.2) is 0 Å². The van der Waals surface area contributed by atoms with Crippen LogP contribution in [-0.2, 0) is 0 Å². The first-order valence-electron chi connectivity index (χ1n) is 5.48. The van der Waals surface area contributed by atoms with Crippen molar-refractivity contribution in [1.29, 1.82) is 0 Å². The minimum absolute atomic E-state index is 0.424. The van der Waals surface area contributed by atoms with Crippen LogP contribution >= 0.6 is 0 Å². The van der Waals surface area contributed by atoms with Gasteiger partial charge in [0.25, 0.3) is 0 Å². The highest BCUT2D eigenvalue weighted by Crippen LogP contribution is 2.29. The summed E-state index contributed by atoms with van der Waals surface area (Å²) in [4.78, 5) is 2.57. The summed E-state index contributed by atoms with van der Waals surface area (Å²) < 4.78 is 0. The van der Waals surface area contributed by atoms with Gasteiger partial charge in [-0.1, -0.05) is 20.8 Å². The summed E-state index contributed by atoms with van der Waals surface area (Å²) in [5, 5.41) is 0. The van der Waals surface area contributed by atoms with Gasteiger partial charge < -0.3 is 10.6 Å². The third kappa shape index (κ3) is 3.28. The highest BCUT2D eigenvalue weighted by atomic mass is 15.1. The molecule has 0 unspecified atom stereocenters. The second-order valence-electron chi connectivity index (χ2n) is 5.21. The average Bonchev–Trinajstić information content (AvgIpc) is 2.09. The minimum Gasteiger partial charge on any atom is -0.330 e. The predicted molar refractivity (Wildman–Crippen MR) is 57.7 cm³/mol. The highest BCUT2D eigenvalue weighted by Gasteiger charge is 2.28. The molecule has 0 amide bonds. The molecule has 1 heterocycles. The molecule has 0 aromatic rings. The van der Waals surface area contributed by atoms with Gasteiger partial charge in [-0.3, -0.25) is 0 Å². The van der Waals surface area contributed by atoms with Crippen LogP contribution in [0.2, 0.25) is 0 Å². The number of likely N-dealkylation sites (tertiary alicyclic amines) is 1. The van der Waals surface area contributed by atoms with Crippen LogP contribution in [0.5, 0.6) is 0 Å². The Balaban J connectivity index is 2.30. The first-order chi connectivity index (χ1) is 6.06. The molecular weight excluding hydrogens is 160 g/mol. The quantitative estimate of drug-likeness (QED) is 0.723. The third-order valence-electron chi connectivity index (χ3n) is 3.18. The first kappa shape index (κ1) is 11.0. The maximum atomic E-state index is 5.77. The lowest BCUT2D eigenvalue weighted by Gasteiger charge is -2.39. The fourth-order valence-electron chi connectivity index (χ4n) is 2.00. The van der Waals surface area contributed by atoms with E-state index < -0.39 is 0 Å². The molecule has 1 fully saturated rings. The molecule has 2 N–H and O–H groups in total. The molecule has 0 bridgehead atoms. The van der Waals surface area contributed by atoms with Crippen molar-refractivity contribution in [3.8, 4) is 0 Å². The van der Waals surface area contributed by atoms with Crippen molar-refractivity contribution in [3.05, 3.63) is 0 Å². The fourth-order valence-corrected chi connectivity index (χ4v) is 2.00. The van der Waals surface area contributed by atoms with Gasteiger partial charge in [-0.2, -0.15) is 0 Å². The number of hydrogen-bond donors (Lipinski definition) is 1. The van der Waals surface area contributed by atoms with Crippen molar-refractivity contribution in [1.82, 2.24) is 4.90 Å². The molecule has 0 saturated carbocycles. The molecule has 1 saturated heterocycles. The molecule has 0 radical (unpaired) electrons. The highest BCUT2D eigenvalue weighted by molar-refractivity contribution is 4.83. The molecule has 0 aromatic carbocycles. The molecule has 0 spiro atoms. The van der Waals surface area contributed by atoms with Gasteiger partial charge in [0.2, 0.25) is 0 Å². The Morgan fingerprint density at radius 2 is 1.85 bits per heavy atom. The van der Waals surface area contributed by atoms with Crippen LogP contribution in [0.3, 0.4) is 0 Å². The summed E-state index contributed by atoms with van der Waals surface area (Å²) in [6.07, 6.45) is 2.55. The summed E-state index contributed by atoms with van der Waals surface area (Å²) in [6.45, 7) is 11.5. The van der Waals surface area contributed by atoms with Gasteiger partial charge in [-0.05, 0) is 43.8 Å². The topological polar surface area (TPSA) is 29.3 Å². The van der Waals surface area contributed by atoms with Crippen LogP contribution in [0.25, 0.3) is 0 Å². The Morgan fingerprint density at radius 1 is 1.31 bits per heavy atom. The summed E-state index contributed by atoms with van der Waals surface area (Å²) in [7, 11) is 0. The van der Waals surface area contributed by atoms with Gasteiger partial charge in [-0.15, -0.1) is 0 Å². The van der Waals surface area contributed by atoms with Crippen molar-refractivity contribution >= 4 is 0 Å². The zero-order valence-corrected chi connectivity index (χ0v) is 9.34. The van der Waals surface area contributed by atoms with Gasteiger partial charge in [0, 0.05) is 6.54 Å². The Bertz CT molecular complexity index is 146. The predicted octanol–water partition coefficient (Wildman–Crippen LogP) is 1.70. The van der Waals surface area contributed by atoms with Crippen LogP contribution in [0.1, 0.15) is 33.6 Å². The molecule has 2 nitrogen and oxygen atoms in total. The van der Waals surface area contributed by atoms with E-state index in [0.717, 1.165) is 12.5 Å². The zero-order chi connectivity index (χ0) is 9.90. The van der Waals surface area contributed by atoms with Crippen molar-refractivity contribution in [3.63, 3.8) is 0 Å². The van der Waals surface area contributed by atoms with Crippen LogP contribution in [-0.4, -0.2) is 31.1 Å². The fraction of sp³-hybridized carbons (Fsp3) is 1.00. The molecule has 0 atom stereocenters. The maximum absolute atomic E-state index is 5.77. The van der Waals surface area contributed by atoms with Gasteiger partial charge in [-0.25, -0.2) is 0 Å². The molecule has 0 aliphatic carbocycles. The van der Waals surface area contributed by atoms with E-state index in [-0.39, 0.29) is 0 Å². The summed E-state index contributed by atoms with van der Waals surface area (Å²) >= 11 is 0. The number of hydrogen-bond acceptors (Lipinski definition) is 2. The van der Waals surface area contributed by atoms with Crippen molar-refractivity contribution in [2.24, 2.45) is 17.1 Å². The van der Waals surface area contributed by atoms with E-state index in [2.05, 4.69) is 25.7 Å². The molecule has 13 heavy (non-hydrogen) atoms. The number of nitrogens with two attached hydrogens (primary N) is 1. The van der Waals surface area contributed by atoms with Crippen LogP contribution in [0.15, 0.2) is 0 Å². The standard InChI is InChI=1S/C11H24N2/c1-10(2)8-13-6-4-11(3,9-12)5-7-13/h10H,4-9,12H2,1-3H3. The number of piperidine rings is 1. The van der Waals surface area contributed by atoms with Gasteiger partial charge in [0.1, 0.15) is 0 Å². The molecule has 1 aliphatic rings. The molecule has 2 heteroatoms. The van der Waals surface area contributed by atoms with E-state index in [4.69, 9.17) is 5.73 Å². The lowest BCUT2D eigenvalue weighted by atomic mass is 9.80. The van der Waals surface area contributed by atoms with E-state index in [1.54, 1.807) is 0 Å². The maximum Gasteiger partial charge on any atom is 0.000439 e. The normalized spacial score (nSPS) is 23.8. The first-order valence-corrected chi connectivity index (χ1v) is 5.48. The summed E-state index contributed by atoms with van der Waals surface area (Å²) in [5.41, 5.74) is 6.19. The average molecular weight is 184 g/mol. The third-order valence-corrected chi connectivity index (χ3v) is 3.18. The molecule has 0 aromatic heterocycles. The number of nitrogens with zero attached hydrogens (tertiary/aromatic N) is 1. The van der Waals surface area contributed by atoms with E-state index in [9.17, 15) is 0 Å². The Hall–Kier alpha value is -0.0800. The Morgan fingerprint density at radius 3 is 2.23 bits per heavy atom. The van der Waals surface area contributed by atoms with Crippen molar-refractivity contribution < 1.29 is 0 Å². The Labute approximate surface area is 82.5 Å². The minimum atomic E-state index is 0.424. The van der Waals surface area contributed by atoms with Crippen molar-refractivity contribution in [2.75, 3.05) is 26.2 Å². The van der Waals surface area contributed by atoms with Gasteiger partial charge in [0.05, 0.1) is 0 Å². The molecule has 78 valence electrons. The molecule has 1 rings (SSSR count). The summed E-state index contributed by atoms with van der Waals surface area (Å²) in [5.74, 6) is 0.794. The molecule has 1 aliphatic heterocycles. The number of rotatable bonds is 3. The zero-order valence-electron chi connectivity index (χ0n) is 9.34. The van der Waals surface area contributed by atoms with E-state index in [0.29, 0.717) is 5.41 Å². The smallest absolute Gasteiger partial charge is 0.000439 e. The van der Waals surface area contributed by atoms with E-state index >= 15 is 0 Å². The monoisotopic (exact) mass is 184 g/mol. The Kier molecular flexibility index (Phi) is 3.74. The largest absolute Gasteiger partial charge is 0.330 e. The van der Waals surface area contributed by atoms with Crippen LogP contribution < -0.4 is 5.73 Å². The lowest BCUT2D eigenvalue weighted by Crippen LogP contribution is -2.43. The van der Waals surface area contributed by atoms with E-state index in [1.807, 2.05) is 0 Å². The second kappa shape index (κ2) is 4.43. The molecular formula is C11H24N2. The second-order valence-corrected chi connectivity index (χ2v) is 5.21.